The molecule has 0 aliphatic rings. The van der Waals surface area contributed by atoms with Crippen LogP contribution >= 0.6 is 0 Å². The predicted octanol–water partition coefficient (Wildman–Crippen LogP) is 5.28. The zero-order valence-electron chi connectivity index (χ0n) is 15.6. The zero-order chi connectivity index (χ0) is 17.6. The third-order valence-electron chi connectivity index (χ3n) is 3.84. The molecule has 0 spiro atoms. The molecule has 0 radical (unpaired) electrons. The number of carboxylic acid groups (broad SMARTS) is 1. The number of aromatic carboxylic acids is 1. The van der Waals surface area contributed by atoms with E-state index < -0.39 is 5.97 Å². The molecular formula is C20H32O3. The molecule has 3 nitrogen and oxygen atoms in total. The number of carboxylic acids is 1. The van der Waals surface area contributed by atoms with Crippen LogP contribution in [0.2, 0.25) is 0 Å². The number of benzene rings is 1. The van der Waals surface area contributed by atoms with Crippen molar-refractivity contribution < 1.29 is 14.6 Å². The molecule has 0 atom stereocenters. The van der Waals surface area contributed by atoms with Crippen LogP contribution in [-0.2, 0) is 19.3 Å². The lowest BCUT2D eigenvalue weighted by Crippen LogP contribution is -2.20. The van der Waals surface area contributed by atoms with Gasteiger partial charge >= 0.3 is 5.97 Å². The summed E-state index contributed by atoms with van der Waals surface area (Å²) in [5.74, 6) is -0.308. The molecule has 1 rings (SSSR count). The van der Waals surface area contributed by atoms with Crippen LogP contribution in [-0.4, -0.2) is 17.7 Å². The maximum atomic E-state index is 11.8. The van der Waals surface area contributed by atoms with Crippen molar-refractivity contribution in [2.75, 3.05) is 6.61 Å². The molecule has 0 saturated heterocycles. The zero-order valence-corrected chi connectivity index (χ0v) is 15.6. The Morgan fingerprint density at radius 3 is 2.13 bits per heavy atom. The summed E-state index contributed by atoms with van der Waals surface area (Å²) in [5, 5.41) is 9.66. The Hall–Kier alpha value is -1.51. The first-order valence-electron chi connectivity index (χ1n) is 8.78. The highest BCUT2D eigenvalue weighted by Crippen LogP contribution is 2.34. The number of hydrogen-bond donors (Lipinski definition) is 1. The molecule has 23 heavy (non-hydrogen) atoms. The molecule has 0 aliphatic heterocycles. The smallest absolute Gasteiger partial charge is 0.339 e. The number of hydrogen-bond acceptors (Lipinski definition) is 2. The fourth-order valence-electron chi connectivity index (χ4n) is 2.88. The van der Waals surface area contributed by atoms with Crippen molar-refractivity contribution in [3.8, 4) is 5.75 Å². The molecule has 1 aromatic rings. The van der Waals surface area contributed by atoms with E-state index in [4.69, 9.17) is 4.74 Å². The number of rotatable bonds is 8. The Balaban J connectivity index is 3.50. The van der Waals surface area contributed by atoms with Gasteiger partial charge in [-0.3, -0.25) is 0 Å². The monoisotopic (exact) mass is 320 g/mol. The SMILES string of the molecule is CCCc1cc(C(=O)O)c(OCC(C)(C)C)c(CCC)c1CC. The van der Waals surface area contributed by atoms with Gasteiger partial charge in [0.2, 0.25) is 0 Å². The first-order valence-corrected chi connectivity index (χ1v) is 8.78. The summed E-state index contributed by atoms with van der Waals surface area (Å²) in [5.41, 5.74) is 3.86. The molecule has 1 aromatic carbocycles. The van der Waals surface area contributed by atoms with E-state index in [2.05, 4.69) is 41.5 Å². The van der Waals surface area contributed by atoms with E-state index in [1.807, 2.05) is 6.07 Å². The quantitative estimate of drug-likeness (QED) is 0.709. The molecule has 1 N–H and O–H groups in total. The van der Waals surface area contributed by atoms with E-state index in [-0.39, 0.29) is 5.41 Å². The molecule has 0 fully saturated rings. The van der Waals surface area contributed by atoms with Crippen LogP contribution in [0.1, 0.15) is 81.4 Å². The first kappa shape index (κ1) is 19.5. The Bertz CT molecular complexity index is 539. The van der Waals surface area contributed by atoms with Gasteiger partial charge in [-0.05, 0) is 47.4 Å². The van der Waals surface area contributed by atoms with Gasteiger partial charge in [0.05, 0.1) is 6.61 Å². The summed E-state index contributed by atoms with van der Waals surface area (Å²) in [4.78, 5) is 11.8. The minimum atomic E-state index is -0.897. The van der Waals surface area contributed by atoms with Gasteiger partial charge in [0.1, 0.15) is 11.3 Å². The number of carbonyl (C=O) groups is 1. The van der Waals surface area contributed by atoms with E-state index >= 15 is 0 Å². The van der Waals surface area contributed by atoms with Crippen LogP contribution < -0.4 is 4.74 Å². The van der Waals surface area contributed by atoms with E-state index in [1.54, 1.807) is 0 Å². The summed E-state index contributed by atoms with van der Waals surface area (Å²) < 4.78 is 6.04. The Kier molecular flexibility index (Phi) is 7.11. The third-order valence-corrected chi connectivity index (χ3v) is 3.84. The molecule has 130 valence electrons. The highest BCUT2D eigenvalue weighted by atomic mass is 16.5. The second kappa shape index (κ2) is 8.37. The fourth-order valence-corrected chi connectivity index (χ4v) is 2.88. The van der Waals surface area contributed by atoms with Gasteiger partial charge in [0.25, 0.3) is 0 Å². The van der Waals surface area contributed by atoms with Crippen molar-refractivity contribution in [1.82, 2.24) is 0 Å². The van der Waals surface area contributed by atoms with Gasteiger partial charge in [0.15, 0.2) is 0 Å². The van der Waals surface area contributed by atoms with E-state index in [0.717, 1.165) is 37.7 Å². The maximum Gasteiger partial charge on any atom is 0.339 e. The van der Waals surface area contributed by atoms with E-state index in [1.165, 1.54) is 11.1 Å². The van der Waals surface area contributed by atoms with Crippen molar-refractivity contribution in [3.05, 3.63) is 28.3 Å². The molecule has 0 aromatic heterocycles. The molecule has 0 bridgehead atoms. The number of ether oxygens (including phenoxy) is 1. The van der Waals surface area contributed by atoms with Crippen molar-refractivity contribution >= 4 is 5.97 Å². The van der Waals surface area contributed by atoms with E-state index in [0.29, 0.717) is 17.9 Å². The van der Waals surface area contributed by atoms with Gasteiger partial charge in [-0.2, -0.15) is 0 Å². The van der Waals surface area contributed by atoms with Gasteiger partial charge in [-0.25, -0.2) is 4.79 Å². The lowest BCUT2D eigenvalue weighted by molar-refractivity contribution is 0.0689. The largest absolute Gasteiger partial charge is 0.492 e. The first-order chi connectivity index (χ1) is 10.7. The molecule has 0 unspecified atom stereocenters. The topological polar surface area (TPSA) is 46.5 Å². The highest BCUT2D eigenvalue weighted by Gasteiger charge is 2.23. The van der Waals surface area contributed by atoms with Crippen LogP contribution in [0.15, 0.2) is 6.07 Å². The molecule has 3 heteroatoms. The third kappa shape index (κ3) is 5.26. The molecule has 0 amide bonds. The van der Waals surface area contributed by atoms with Crippen molar-refractivity contribution in [2.24, 2.45) is 5.41 Å². The Morgan fingerprint density at radius 1 is 1.09 bits per heavy atom. The molecular weight excluding hydrogens is 288 g/mol. The lowest BCUT2D eigenvalue weighted by Gasteiger charge is -2.24. The molecule has 0 heterocycles. The Labute approximate surface area is 141 Å². The molecule has 0 aliphatic carbocycles. The average Bonchev–Trinajstić information content (AvgIpc) is 2.45. The fraction of sp³-hybridized carbons (Fsp3) is 0.650. The minimum absolute atomic E-state index is 0.00622. The summed E-state index contributed by atoms with van der Waals surface area (Å²) in [6.45, 7) is 13.2. The van der Waals surface area contributed by atoms with Gasteiger partial charge < -0.3 is 9.84 Å². The van der Waals surface area contributed by atoms with Crippen LogP contribution in [0.3, 0.4) is 0 Å². The van der Waals surface area contributed by atoms with Crippen LogP contribution in [0.5, 0.6) is 5.75 Å². The van der Waals surface area contributed by atoms with Crippen LogP contribution in [0.25, 0.3) is 0 Å². The minimum Gasteiger partial charge on any atom is -0.492 e. The van der Waals surface area contributed by atoms with Crippen LogP contribution in [0, 0.1) is 5.41 Å². The van der Waals surface area contributed by atoms with Gasteiger partial charge in [-0.15, -0.1) is 0 Å². The standard InChI is InChI=1S/C20H32O3/c1-7-10-14-12-17(19(21)22)18(23-13-20(4,5)6)16(11-8-2)15(14)9-3/h12H,7-11,13H2,1-6H3,(H,21,22). The average molecular weight is 320 g/mol. The van der Waals surface area contributed by atoms with Crippen molar-refractivity contribution in [2.45, 2.75) is 73.6 Å². The number of aryl methyl sites for hydroxylation is 1. The molecule has 0 saturated carbocycles. The second-order valence-electron chi connectivity index (χ2n) is 7.38. The summed E-state index contributed by atoms with van der Waals surface area (Å²) >= 11 is 0. The van der Waals surface area contributed by atoms with Crippen molar-refractivity contribution in [1.29, 1.82) is 0 Å². The van der Waals surface area contributed by atoms with Gasteiger partial charge in [0, 0.05) is 0 Å². The normalized spacial score (nSPS) is 11.6. The van der Waals surface area contributed by atoms with Gasteiger partial charge in [-0.1, -0.05) is 54.4 Å². The van der Waals surface area contributed by atoms with Crippen molar-refractivity contribution in [3.63, 3.8) is 0 Å². The van der Waals surface area contributed by atoms with Crippen LogP contribution in [0.4, 0.5) is 0 Å². The lowest BCUT2D eigenvalue weighted by atomic mass is 9.89. The predicted molar refractivity (Wildman–Crippen MR) is 95.7 cm³/mol. The Morgan fingerprint density at radius 2 is 1.70 bits per heavy atom. The summed E-state index contributed by atoms with van der Waals surface area (Å²) in [6.07, 6.45) is 4.68. The van der Waals surface area contributed by atoms with E-state index in [9.17, 15) is 9.90 Å². The second-order valence-corrected chi connectivity index (χ2v) is 7.38. The summed E-state index contributed by atoms with van der Waals surface area (Å²) in [7, 11) is 0. The summed E-state index contributed by atoms with van der Waals surface area (Å²) in [6, 6.07) is 1.84. The maximum absolute atomic E-state index is 11.8. The highest BCUT2D eigenvalue weighted by molar-refractivity contribution is 5.92.